The average Bonchev–Trinajstić information content (AvgIpc) is 2.52. The number of hydrogen-bond donors (Lipinski definition) is 0. The summed E-state index contributed by atoms with van der Waals surface area (Å²) in [6, 6.07) is 1.57. The molecule has 5 heteroatoms. The lowest BCUT2D eigenvalue weighted by atomic mass is 10.2. The summed E-state index contributed by atoms with van der Waals surface area (Å²) in [6.07, 6.45) is 4.06. The van der Waals surface area contributed by atoms with Crippen molar-refractivity contribution in [2.24, 2.45) is 7.05 Å². The molecule has 0 aromatic carbocycles. The molecule has 0 amide bonds. The number of rotatable bonds is 1. The summed E-state index contributed by atoms with van der Waals surface area (Å²) in [5.41, 5.74) is 0.412. The van der Waals surface area contributed by atoms with E-state index in [-0.39, 0.29) is 0 Å². The Morgan fingerprint density at radius 3 is 2.92 bits per heavy atom. The maximum Gasteiger partial charge on any atom is 0.160 e. The van der Waals surface area contributed by atoms with Crippen molar-refractivity contribution in [2.45, 2.75) is 0 Å². The van der Waals surface area contributed by atoms with Gasteiger partial charge in [-0.1, -0.05) is 0 Å². The summed E-state index contributed by atoms with van der Waals surface area (Å²) < 4.78 is 14.7. The highest BCUT2D eigenvalue weighted by Gasteiger charge is 2.08. The second-order valence-corrected chi connectivity index (χ2v) is 2.56. The van der Waals surface area contributed by atoms with Gasteiger partial charge >= 0.3 is 0 Å². The smallest absolute Gasteiger partial charge is 0.160 e. The predicted octanol–water partition coefficient (Wildman–Crippen LogP) is 1.02. The third-order valence-electron chi connectivity index (χ3n) is 1.72. The van der Waals surface area contributed by atoms with Gasteiger partial charge in [0.25, 0.3) is 0 Å². The molecule has 0 N–H and O–H groups in total. The van der Waals surface area contributed by atoms with E-state index in [0.29, 0.717) is 11.4 Å². The molecule has 0 fully saturated rings. The Morgan fingerprint density at radius 1 is 1.46 bits per heavy atom. The number of hydrogen-bond acceptors (Lipinski definition) is 3. The van der Waals surface area contributed by atoms with Gasteiger partial charge in [0.1, 0.15) is 6.33 Å². The number of aryl methyl sites for hydroxylation is 1. The van der Waals surface area contributed by atoms with Crippen LogP contribution in [0.15, 0.2) is 24.8 Å². The van der Waals surface area contributed by atoms with Crippen molar-refractivity contribution in [1.82, 2.24) is 19.7 Å². The number of pyridine rings is 1. The topological polar surface area (TPSA) is 43.6 Å². The highest BCUT2D eigenvalue weighted by atomic mass is 19.1. The van der Waals surface area contributed by atoms with Crippen LogP contribution in [0.3, 0.4) is 0 Å². The maximum absolute atomic E-state index is 13.2. The Hall–Kier alpha value is -1.78. The second kappa shape index (κ2) is 2.93. The number of aromatic nitrogens is 4. The second-order valence-electron chi connectivity index (χ2n) is 2.56. The number of halogens is 1. The van der Waals surface area contributed by atoms with Gasteiger partial charge in [-0.2, -0.15) is 5.10 Å². The minimum Gasteiger partial charge on any atom is -0.262 e. The summed E-state index contributed by atoms with van der Waals surface area (Å²) in [5.74, 6) is 0.110. The van der Waals surface area contributed by atoms with Gasteiger partial charge in [-0.25, -0.2) is 14.1 Å². The Labute approximate surface area is 74.1 Å². The monoisotopic (exact) mass is 178 g/mol. The van der Waals surface area contributed by atoms with Crippen LogP contribution in [0.5, 0.6) is 0 Å². The molecule has 0 aliphatic carbocycles. The number of nitrogens with zero attached hydrogens (tertiary/aromatic N) is 4. The molecule has 2 aromatic heterocycles. The molecule has 0 aliphatic heterocycles. The maximum atomic E-state index is 13.2. The Morgan fingerprint density at radius 2 is 2.31 bits per heavy atom. The molecule has 2 heterocycles. The van der Waals surface area contributed by atoms with Gasteiger partial charge in [0.2, 0.25) is 0 Å². The summed E-state index contributed by atoms with van der Waals surface area (Å²) in [4.78, 5) is 7.58. The van der Waals surface area contributed by atoms with E-state index in [1.165, 1.54) is 17.2 Å². The van der Waals surface area contributed by atoms with Crippen LogP contribution in [0, 0.1) is 5.82 Å². The average molecular weight is 178 g/mol. The fourth-order valence-electron chi connectivity index (χ4n) is 1.10. The Balaban J connectivity index is 2.59. The molecule has 0 bridgehead atoms. The zero-order valence-electron chi connectivity index (χ0n) is 6.98. The largest absolute Gasteiger partial charge is 0.262 e. The predicted molar refractivity (Wildman–Crippen MR) is 44.2 cm³/mol. The molecule has 0 atom stereocenters. The van der Waals surface area contributed by atoms with Crippen molar-refractivity contribution < 1.29 is 4.39 Å². The molecule has 0 spiro atoms. The van der Waals surface area contributed by atoms with Crippen LogP contribution in [0.25, 0.3) is 11.4 Å². The van der Waals surface area contributed by atoms with E-state index in [0.717, 1.165) is 6.20 Å². The van der Waals surface area contributed by atoms with Crippen molar-refractivity contribution >= 4 is 0 Å². The molecule has 0 saturated carbocycles. The first kappa shape index (κ1) is 7.85. The molecular weight excluding hydrogens is 171 g/mol. The van der Waals surface area contributed by atoms with Crippen molar-refractivity contribution in [1.29, 1.82) is 0 Å². The third kappa shape index (κ3) is 1.28. The third-order valence-corrected chi connectivity index (χ3v) is 1.72. The lowest BCUT2D eigenvalue weighted by Crippen LogP contribution is -1.96. The van der Waals surface area contributed by atoms with Crippen LogP contribution in [0.4, 0.5) is 4.39 Å². The molecular formula is C8H7FN4. The van der Waals surface area contributed by atoms with Crippen LogP contribution in [0.1, 0.15) is 0 Å². The van der Waals surface area contributed by atoms with Gasteiger partial charge in [-0.15, -0.1) is 0 Å². The zero-order valence-corrected chi connectivity index (χ0v) is 6.98. The fourth-order valence-corrected chi connectivity index (χ4v) is 1.10. The van der Waals surface area contributed by atoms with Gasteiger partial charge in [0.05, 0.1) is 11.8 Å². The fraction of sp³-hybridized carbons (Fsp3) is 0.125. The van der Waals surface area contributed by atoms with Gasteiger partial charge in [-0.05, 0) is 6.07 Å². The van der Waals surface area contributed by atoms with Crippen LogP contribution in [0.2, 0.25) is 0 Å². The normalized spacial score (nSPS) is 10.3. The molecule has 2 rings (SSSR count). The molecule has 4 nitrogen and oxygen atoms in total. The highest BCUT2D eigenvalue weighted by molar-refractivity contribution is 5.54. The van der Waals surface area contributed by atoms with Crippen LogP contribution in [-0.4, -0.2) is 19.7 Å². The van der Waals surface area contributed by atoms with E-state index in [1.54, 1.807) is 13.1 Å². The van der Waals surface area contributed by atoms with Crippen LogP contribution < -0.4 is 0 Å². The lowest BCUT2D eigenvalue weighted by Gasteiger charge is -1.99. The zero-order chi connectivity index (χ0) is 9.26. The minimum absolute atomic E-state index is 0.390. The SMILES string of the molecule is Cn1ncnc1-c1ccncc1F. The van der Waals surface area contributed by atoms with Gasteiger partial charge < -0.3 is 0 Å². The quantitative estimate of drug-likeness (QED) is 0.654. The highest BCUT2D eigenvalue weighted by Crippen LogP contribution is 2.17. The van der Waals surface area contributed by atoms with Crippen LogP contribution in [-0.2, 0) is 7.05 Å². The van der Waals surface area contributed by atoms with Gasteiger partial charge in [-0.3, -0.25) is 4.98 Å². The standard InChI is InChI=1S/C8H7FN4/c1-13-8(11-5-12-13)6-2-3-10-4-7(6)9/h2-5H,1H3. The first-order valence-corrected chi connectivity index (χ1v) is 3.73. The summed E-state index contributed by atoms with van der Waals surface area (Å²) >= 11 is 0. The molecule has 0 aliphatic rings. The van der Waals surface area contributed by atoms with Crippen molar-refractivity contribution in [3.05, 3.63) is 30.6 Å². The van der Waals surface area contributed by atoms with E-state index in [4.69, 9.17) is 0 Å². The first-order chi connectivity index (χ1) is 6.29. The molecule has 0 saturated heterocycles. The molecule has 2 aromatic rings. The van der Waals surface area contributed by atoms with Crippen LogP contribution >= 0.6 is 0 Å². The van der Waals surface area contributed by atoms with Crippen molar-refractivity contribution in [3.63, 3.8) is 0 Å². The summed E-state index contributed by atoms with van der Waals surface area (Å²) in [5, 5.41) is 3.85. The first-order valence-electron chi connectivity index (χ1n) is 3.73. The minimum atomic E-state index is -0.390. The van der Waals surface area contributed by atoms with E-state index in [2.05, 4.69) is 15.1 Å². The van der Waals surface area contributed by atoms with Crippen molar-refractivity contribution in [2.75, 3.05) is 0 Å². The Kier molecular flexibility index (Phi) is 1.77. The lowest BCUT2D eigenvalue weighted by molar-refractivity contribution is 0.621. The Bertz CT molecular complexity index is 424. The molecule has 66 valence electrons. The van der Waals surface area contributed by atoms with E-state index >= 15 is 0 Å². The molecule has 13 heavy (non-hydrogen) atoms. The van der Waals surface area contributed by atoms with Gasteiger partial charge in [0.15, 0.2) is 11.6 Å². The van der Waals surface area contributed by atoms with Gasteiger partial charge in [0, 0.05) is 13.2 Å². The summed E-state index contributed by atoms with van der Waals surface area (Å²) in [7, 11) is 1.71. The van der Waals surface area contributed by atoms with Crippen molar-refractivity contribution in [3.8, 4) is 11.4 Å². The summed E-state index contributed by atoms with van der Waals surface area (Å²) in [6.45, 7) is 0. The molecule has 0 radical (unpaired) electrons. The van der Waals surface area contributed by atoms with E-state index in [9.17, 15) is 4.39 Å². The molecule has 0 unspecified atom stereocenters. The van der Waals surface area contributed by atoms with E-state index in [1.807, 2.05) is 0 Å². The van der Waals surface area contributed by atoms with E-state index < -0.39 is 5.82 Å².